The smallest absolute Gasteiger partial charge is 0.472 e. The van der Waals surface area contributed by atoms with Gasteiger partial charge in [-0.15, -0.1) is 0 Å². The van der Waals surface area contributed by atoms with Gasteiger partial charge in [0.05, 0.1) is 13.2 Å². The van der Waals surface area contributed by atoms with Crippen molar-refractivity contribution < 1.29 is 47.5 Å². The maximum atomic E-state index is 12.6. The highest BCUT2D eigenvalue weighted by molar-refractivity contribution is 7.47. The molecule has 0 aliphatic rings. The average Bonchev–Trinajstić information content (AvgIpc) is 3.19. The Kier molecular flexibility index (Phi) is 37.6. The number of hydrogen-bond acceptors (Lipinski definition) is 9. The van der Waals surface area contributed by atoms with E-state index in [4.69, 9.17) is 24.8 Å². The third-order valence-electron chi connectivity index (χ3n) is 8.68. The van der Waals surface area contributed by atoms with E-state index < -0.39 is 51.1 Å². The first kappa shape index (κ1) is 53.9. The summed E-state index contributed by atoms with van der Waals surface area (Å²) >= 11 is 0. The first-order valence-corrected chi connectivity index (χ1v) is 23.0. The summed E-state index contributed by atoms with van der Waals surface area (Å²) in [5.74, 6) is -2.45. The summed E-state index contributed by atoms with van der Waals surface area (Å²) in [7, 11) is -4.73. The van der Waals surface area contributed by atoms with Crippen molar-refractivity contribution in [3.63, 3.8) is 0 Å². The first-order valence-electron chi connectivity index (χ1n) is 21.5. The number of nitrogens with two attached hydrogens (primary N) is 1. The predicted octanol–water partition coefficient (Wildman–Crippen LogP) is 11.3. The van der Waals surface area contributed by atoms with Crippen LogP contribution in [0.25, 0.3) is 0 Å². The first-order chi connectivity index (χ1) is 27.6. The van der Waals surface area contributed by atoms with Crippen molar-refractivity contribution >= 4 is 25.7 Å². The fraction of sp³-hybridized carbons (Fsp3) is 0.667. The summed E-state index contributed by atoms with van der Waals surface area (Å²) in [6, 6.07) is -1.53. The molecule has 0 aliphatic heterocycles. The maximum absolute atomic E-state index is 12.6. The lowest BCUT2D eigenvalue weighted by Crippen LogP contribution is -2.34. The Labute approximate surface area is 344 Å². The minimum atomic E-state index is -4.73. The molecule has 0 radical (unpaired) electrons. The molecule has 57 heavy (non-hydrogen) atoms. The summed E-state index contributed by atoms with van der Waals surface area (Å²) in [6.45, 7) is 2.67. The van der Waals surface area contributed by atoms with Crippen LogP contribution in [0.4, 0.5) is 0 Å². The molecule has 0 amide bonds. The van der Waals surface area contributed by atoms with Gasteiger partial charge in [0.2, 0.25) is 0 Å². The van der Waals surface area contributed by atoms with Crippen LogP contribution < -0.4 is 5.73 Å². The van der Waals surface area contributed by atoms with E-state index in [1.165, 1.54) is 38.5 Å². The summed E-state index contributed by atoms with van der Waals surface area (Å²) in [5, 5.41) is 8.88. The van der Waals surface area contributed by atoms with Gasteiger partial charge >= 0.3 is 25.7 Å². The van der Waals surface area contributed by atoms with Crippen LogP contribution in [-0.4, -0.2) is 59.9 Å². The van der Waals surface area contributed by atoms with Crippen LogP contribution in [0, 0.1) is 0 Å². The number of carboxylic acids is 1. The van der Waals surface area contributed by atoms with Crippen LogP contribution >= 0.6 is 7.82 Å². The van der Waals surface area contributed by atoms with Crippen molar-refractivity contribution in [2.24, 2.45) is 5.73 Å². The number of phosphoric acid groups is 1. The van der Waals surface area contributed by atoms with Crippen LogP contribution in [0.3, 0.4) is 0 Å². The van der Waals surface area contributed by atoms with E-state index >= 15 is 0 Å². The fourth-order valence-corrected chi connectivity index (χ4v) is 6.02. The SMILES string of the molecule is CCCC/C=C/C/C=C/CCCCCCCC(=O)OC[C@H](COP(=O)(O)OC[C@H](N)C(=O)O)OC(=O)CCCCC/C=C/C/C=C/C/C=C/C/C=C/CCCCC. The number of ether oxygens (including phenoxy) is 2. The molecule has 0 aliphatic carbocycles. The monoisotopic (exact) mass is 822 g/mol. The van der Waals surface area contributed by atoms with E-state index in [0.29, 0.717) is 12.8 Å². The molecule has 0 saturated carbocycles. The second-order valence-corrected chi connectivity index (χ2v) is 15.6. The Morgan fingerprint density at radius 2 is 0.947 bits per heavy atom. The van der Waals surface area contributed by atoms with Gasteiger partial charge in [-0.2, -0.15) is 0 Å². The Morgan fingerprint density at radius 3 is 1.46 bits per heavy atom. The van der Waals surface area contributed by atoms with Crippen molar-refractivity contribution in [1.82, 2.24) is 0 Å². The summed E-state index contributed by atoms with van der Waals surface area (Å²) in [5.41, 5.74) is 5.33. The van der Waals surface area contributed by atoms with Gasteiger partial charge in [-0.3, -0.25) is 23.4 Å². The molecule has 12 heteroatoms. The number of hydrogen-bond donors (Lipinski definition) is 3. The van der Waals surface area contributed by atoms with Gasteiger partial charge in [0.15, 0.2) is 6.10 Å². The Balaban J connectivity index is 4.48. The third-order valence-corrected chi connectivity index (χ3v) is 9.63. The van der Waals surface area contributed by atoms with Gasteiger partial charge in [0.25, 0.3) is 0 Å². The van der Waals surface area contributed by atoms with Crippen LogP contribution in [0.2, 0.25) is 0 Å². The molecule has 326 valence electrons. The zero-order valence-corrected chi connectivity index (χ0v) is 36.0. The van der Waals surface area contributed by atoms with Crippen LogP contribution in [-0.2, 0) is 37.5 Å². The molecule has 0 aromatic heterocycles. The summed E-state index contributed by atoms with van der Waals surface area (Å²) in [4.78, 5) is 45.9. The highest BCUT2D eigenvalue weighted by atomic mass is 31.2. The van der Waals surface area contributed by atoms with E-state index in [9.17, 15) is 23.8 Å². The topological polar surface area (TPSA) is 172 Å². The van der Waals surface area contributed by atoms with E-state index in [2.05, 4.69) is 91.3 Å². The molecule has 0 heterocycles. The van der Waals surface area contributed by atoms with Crippen molar-refractivity contribution in [1.29, 1.82) is 0 Å². The van der Waals surface area contributed by atoms with Crippen LogP contribution in [0.1, 0.15) is 162 Å². The number of carbonyl (C=O) groups excluding carboxylic acids is 2. The summed E-state index contributed by atoms with van der Waals surface area (Å²) < 4.78 is 32.6. The number of esters is 2. The molecular weight excluding hydrogens is 745 g/mol. The minimum Gasteiger partial charge on any atom is -0.480 e. The van der Waals surface area contributed by atoms with Gasteiger partial charge in [0, 0.05) is 12.8 Å². The van der Waals surface area contributed by atoms with E-state index in [-0.39, 0.29) is 19.4 Å². The van der Waals surface area contributed by atoms with Crippen molar-refractivity contribution in [2.45, 2.75) is 174 Å². The lowest BCUT2D eigenvalue weighted by Gasteiger charge is -2.20. The molecular formula is C45H76NO10P. The second kappa shape index (κ2) is 39.7. The minimum absolute atomic E-state index is 0.117. The molecule has 0 fully saturated rings. The Bertz CT molecular complexity index is 1240. The molecule has 1 unspecified atom stereocenters. The predicted molar refractivity (Wildman–Crippen MR) is 231 cm³/mol. The molecule has 0 aromatic carbocycles. The largest absolute Gasteiger partial charge is 0.480 e. The molecule has 0 aromatic rings. The number of carbonyl (C=O) groups is 3. The molecule has 4 N–H and O–H groups in total. The Hall–Kier alpha value is -3.08. The van der Waals surface area contributed by atoms with Crippen molar-refractivity contribution in [3.8, 4) is 0 Å². The average molecular weight is 822 g/mol. The zero-order chi connectivity index (χ0) is 42.1. The summed E-state index contributed by atoms with van der Waals surface area (Å²) in [6.07, 6.45) is 46.8. The third kappa shape index (κ3) is 39.5. The quantitative estimate of drug-likeness (QED) is 0.0233. The molecule has 11 nitrogen and oxygen atoms in total. The highest BCUT2D eigenvalue weighted by Crippen LogP contribution is 2.43. The molecule has 0 bridgehead atoms. The second-order valence-electron chi connectivity index (χ2n) is 14.1. The van der Waals surface area contributed by atoms with Gasteiger partial charge in [-0.05, 0) is 83.5 Å². The molecule has 3 atom stereocenters. The van der Waals surface area contributed by atoms with E-state index in [0.717, 1.165) is 83.5 Å². The Morgan fingerprint density at radius 1 is 0.544 bits per heavy atom. The maximum Gasteiger partial charge on any atom is 0.472 e. The normalized spacial score (nSPS) is 14.5. The standard InChI is InChI=1S/C45H76NO10P/c1-3-5-7-9-11-13-15-17-19-20-21-22-23-25-27-29-31-33-35-37-44(48)56-41(39-54-57(51,52)55-40-42(46)45(49)50)38-53-43(47)36-34-32-30-28-26-24-18-16-14-12-10-8-6-4-2/h10-13,16-19,21-22,25,27,41-42H,3-9,14-15,20,23-24,26,28-40,46H2,1-2H3,(H,49,50)(H,51,52)/b12-10+,13-11+,18-16+,19-17+,22-21+,27-25+/t41-,42+/m1/s1. The molecule has 0 spiro atoms. The lowest BCUT2D eigenvalue weighted by molar-refractivity contribution is -0.161. The van der Waals surface area contributed by atoms with Crippen LogP contribution in [0.15, 0.2) is 72.9 Å². The van der Waals surface area contributed by atoms with Crippen molar-refractivity contribution in [3.05, 3.63) is 72.9 Å². The van der Waals surface area contributed by atoms with E-state index in [1.54, 1.807) is 0 Å². The fourth-order valence-electron chi connectivity index (χ4n) is 5.24. The highest BCUT2D eigenvalue weighted by Gasteiger charge is 2.28. The number of aliphatic carboxylic acids is 1. The van der Waals surface area contributed by atoms with Crippen molar-refractivity contribution in [2.75, 3.05) is 19.8 Å². The number of rotatable bonds is 39. The van der Waals surface area contributed by atoms with Gasteiger partial charge < -0.3 is 25.2 Å². The van der Waals surface area contributed by atoms with Gasteiger partial charge in [-0.25, -0.2) is 4.57 Å². The number of phosphoric ester groups is 1. The lowest BCUT2D eigenvalue weighted by atomic mass is 10.1. The number of carboxylic acid groups (broad SMARTS) is 1. The number of allylic oxidation sites excluding steroid dienone is 12. The number of unbranched alkanes of at least 4 members (excludes halogenated alkanes) is 13. The van der Waals surface area contributed by atoms with E-state index in [1.807, 2.05) is 0 Å². The zero-order valence-electron chi connectivity index (χ0n) is 35.2. The van der Waals surface area contributed by atoms with Crippen LogP contribution in [0.5, 0.6) is 0 Å². The molecule has 0 rings (SSSR count). The van der Waals surface area contributed by atoms with Gasteiger partial charge in [-0.1, -0.05) is 138 Å². The molecule has 0 saturated heterocycles. The van der Waals surface area contributed by atoms with Gasteiger partial charge in [0.1, 0.15) is 12.6 Å².